The quantitative estimate of drug-likeness (QED) is 0.806. The molecule has 2 aromatic carbocycles. The van der Waals surface area contributed by atoms with E-state index >= 15 is 0 Å². The van der Waals surface area contributed by atoms with Crippen molar-refractivity contribution in [1.82, 2.24) is 4.90 Å². The zero-order valence-electron chi connectivity index (χ0n) is 11.4. The van der Waals surface area contributed by atoms with Crippen LogP contribution in [0.25, 0.3) is 0 Å². The smallest absolute Gasteiger partial charge is 0.0401 e. The zero-order chi connectivity index (χ0) is 13.7. The van der Waals surface area contributed by atoms with Crippen LogP contribution in [0.15, 0.2) is 48.5 Å². The lowest BCUT2D eigenvalue weighted by Crippen LogP contribution is -2.10. The molecule has 0 fully saturated rings. The van der Waals surface area contributed by atoms with Gasteiger partial charge < -0.3 is 10.2 Å². The second-order valence-electron chi connectivity index (χ2n) is 4.92. The van der Waals surface area contributed by atoms with E-state index in [0.29, 0.717) is 0 Å². The second-order valence-corrected chi connectivity index (χ2v) is 6.16. The Morgan fingerprint density at radius 2 is 1.74 bits per heavy atom. The van der Waals surface area contributed by atoms with E-state index in [1.165, 1.54) is 20.4 Å². The Bertz CT molecular complexity index is 521. The number of nitrogens with zero attached hydrogens (tertiary/aromatic N) is 1. The van der Waals surface area contributed by atoms with Crippen LogP contribution in [0.1, 0.15) is 11.1 Å². The third-order valence-corrected chi connectivity index (χ3v) is 3.51. The molecule has 1 N–H and O–H groups in total. The Kier molecular flexibility index (Phi) is 5.22. The molecule has 0 atom stereocenters. The van der Waals surface area contributed by atoms with E-state index < -0.39 is 0 Å². The zero-order valence-corrected chi connectivity index (χ0v) is 13.5. The summed E-state index contributed by atoms with van der Waals surface area (Å²) >= 11 is 2.34. The summed E-state index contributed by atoms with van der Waals surface area (Å²) in [6, 6.07) is 17.2. The highest BCUT2D eigenvalue weighted by Crippen LogP contribution is 2.13. The molecule has 0 aliphatic heterocycles. The molecule has 100 valence electrons. The van der Waals surface area contributed by atoms with Gasteiger partial charge in [-0.3, -0.25) is 0 Å². The fourth-order valence-electron chi connectivity index (χ4n) is 1.94. The normalized spacial score (nSPS) is 10.7. The molecular weight excluding hydrogens is 347 g/mol. The van der Waals surface area contributed by atoms with Crippen LogP contribution in [-0.4, -0.2) is 19.0 Å². The minimum atomic E-state index is 0.865. The maximum absolute atomic E-state index is 3.45. The summed E-state index contributed by atoms with van der Waals surface area (Å²) in [6.45, 7) is 1.85. The lowest BCUT2D eigenvalue weighted by Gasteiger charge is -2.11. The molecule has 19 heavy (non-hydrogen) atoms. The third-order valence-electron chi connectivity index (χ3n) is 2.84. The first-order valence-electron chi connectivity index (χ1n) is 6.35. The van der Waals surface area contributed by atoms with Crippen LogP contribution in [-0.2, 0) is 13.1 Å². The fraction of sp³-hybridized carbons (Fsp3) is 0.250. The first-order chi connectivity index (χ1) is 9.13. The van der Waals surface area contributed by atoms with Crippen LogP contribution in [0.3, 0.4) is 0 Å². The van der Waals surface area contributed by atoms with E-state index in [-0.39, 0.29) is 0 Å². The van der Waals surface area contributed by atoms with Gasteiger partial charge in [0, 0.05) is 22.3 Å². The van der Waals surface area contributed by atoms with Crippen molar-refractivity contribution in [2.75, 3.05) is 19.4 Å². The molecule has 0 aliphatic carbocycles. The average Bonchev–Trinajstić information content (AvgIpc) is 2.37. The van der Waals surface area contributed by atoms with Crippen LogP contribution in [0.4, 0.5) is 5.69 Å². The van der Waals surface area contributed by atoms with Gasteiger partial charge in [0.15, 0.2) is 0 Å². The first kappa shape index (κ1) is 14.3. The summed E-state index contributed by atoms with van der Waals surface area (Å²) in [7, 11) is 4.17. The first-order valence-corrected chi connectivity index (χ1v) is 7.43. The van der Waals surface area contributed by atoms with E-state index in [2.05, 4.69) is 95.4 Å². The summed E-state index contributed by atoms with van der Waals surface area (Å²) in [6.07, 6.45) is 0. The van der Waals surface area contributed by atoms with Crippen molar-refractivity contribution in [3.63, 3.8) is 0 Å². The highest BCUT2D eigenvalue weighted by molar-refractivity contribution is 14.1. The number of rotatable bonds is 5. The number of hydrogen-bond acceptors (Lipinski definition) is 2. The summed E-state index contributed by atoms with van der Waals surface area (Å²) in [5.74, 6) is 0. The Morgan fingerprint density at radius 3 is 2.37 bits per heavy atom. The number of hydrogen-bond donors (Lipinski definition) is 1. The van der Waals surface area contributed by atoms with Gasteiger partial charge in [0.1, 0.15) is 0 Å². The van der Waals surface area contributed by atoms with Crippen LogP contribution >= 0.6 is 22.6 Å². The molecule has 0 aromatic heterocycles. The number of halogens is 1. The molecule has 2 rings (SSSR count). The number of anilines is 1. The minimum Gasteiger partial charge on any atom is -0.381 e. The summed E-state index contributed by atoms with van der Waals surface area (Å²) in [4.78, 5) is 2.17. The predicted molar refractivity (Wildman–Crippen MR) is 90.3 cm³/mol. The van der Waals surface area contributed by atoms with Gasteiger partial charge in [-0.25, -0.2) is 0 Å². The van der Waals surface area contributed by atoms with Crippen LogP contribution in [0.5, 0.6) is 0 Å². The Hall–Kier alpha value is -1.07. The van der Waals surface area contributed by atoms with E-state index in [4.69, 9.17) is 0 Å². The maximum atomic E-state index is 3.45. The van der Waals surface area contributed by atoms with Crippen molar-refractivity contribution < 1.29 is 0 Å². The molecule has 0 aliphatic rings. The summed E-state index contributed by atoms with van der Waals surface area (Å²) in [5, 5.41) is 3.45. The van der Waals surface area contributed by atoms with E-state index in [9.17, 15) is 0 Å². The van der Waals surface area contributed by atoms with E-state index in [1.807, 2.05) is 0 Å². The van der Waals surface area contributed by atoms with Crippen molar-refractivity contribution in [2.24, 2.45) is 0 Å². The Morgan fingerprint density at radius 1 is 1.00 bits per heavy atom. The Labute approximate surface area is 129 Å². The van der Waals surface area contributed by atoms with Crippen LogP contribution in [0.2, 0.25) is 0 Å². The average molecular weight is 366 g/mol. The molecular formula is C16H19IN2. The molecule has 0 saturated heterocycles. The van der Waals surface area contributed by atoms with Crippen molar-refractivity contribution in [3.05, 3.63) is 63.2 Å². The SMILES string of the molecule is CN(C)Cc1ccc(NCc2cccc(I)c2)cc1. The molecule has 0 saturated carbocycles. The molecule has 3 heteroatoms. The monoisotopic (exact) mass is 366 g/mol. The minimum absolute atomic E-state index is 0.865. The molecule has 0 bridgehead atoms. The van der Waals surface area contributed by atoms with Gasteiger partial charge >= 0.3 is 0 Å². The third kappa shape index (κ3) is 4.84. The van der Waals surface area contributed by atoms with E-state index in [0.717, 1.165) is 13.1 Å². The highest BCUT2D eigenvalue weighted by atomic mass is 127. The van der Waals surface area contributed by atoms with Crippen molar-refractivity contribution in [2.45, 2.75) is 13.1 Å². The maximum Gasteiger partial charge on any atom is 0.0401 e. The van der Waals surface area contributed by atoms with Crippen molar-refractivity contribution in [1.29, 1.82) is 0 Å². The van der Waals surface area contributed by atoms with Gasteiger partial charge in [0.2, 0.25) is 0 Å². The Balaban J connectivity index is 1.93. The van der Waals surface area contributed by atoms with Crippen molar-refractivity contribution >= 4 is 28.3 Å². The fourth-order valence-corrected chi connectivity index (χ4v) is 2.55. The molecule has 2 nitrogen and oxygen atoms in total. The molecule has 0 heterocycles. The summed E-state index contributed by atoms with van der Waals surface area (Å²) < 4.78 is 1.28. The van der Waals surface area contributed by atoms with Gasteiger partial charge in [-0.1, -0.05) is 24.3 Å². The van der Waals surface area contributed by atoms with E-state index in [1.54, 1.807) is 0 Å². The van der Waals surface area contributed by atoms with Crippen molar-refractivity contribution in [3.8, 4) is 0 Å². The molecule has 0 radical (unpaired) electrons. The van der Waals surface area contributed by atoms with Gasteiger partial charge in [-0.2, -0.15) is 0 Å². The standard InChI is InChI=1S/C16H19IN2/c1-19(2)12-13-6-8-16(9-7-13)18-11-14-4-3-5-15(17)10-14/h3-10,18H,11-12H2,1-2H3. The number of benzene rings is 2. The van der Waals surface area contributed by atoms with Crippen LogP contribution < -0.4 is 5.32 Å². The summed E-state index contributed by atoms with van der Waals surface area (Å²) in [5.41, 5.74) is 3.82. The topological polar surface area (TPSA) is 15.3 Å². The van der Waals surface area contributed by atoms with Gasteiger partial charge in [-0.05, 0) is 72.1 Å². The largest absolute Gasteiger partial charge is 0.381 e. The highest BCUT2D eigenvalue weighted by Gasteiger charge is 1.97. The number of nitrogens with one attached hydrogen (secondary N) is 1. The lowest BCUT2D eigenvalue weighted by molar-refractivity contribution is 0.402. The van der Waals surface area contributed by atoms with Gasteiger partial charge in [0.05, 0.1) is 0 Å². The van der Waals surface area contributed by atoms with Gasteiger partial charge in [-0.15, -0.1) is 0 Å². The predicted octanol–water partition coefficient (Wildman–Crippen LogP) is 3.96. The second kappa shape index (κ2) is 6.91. The molecule has 0 amide bonds. The molecule has 0 unspecified atom stereocenters. The molecule has 2 aromatic rings. The van der Waals surface area contributed by atoms with Gasteiger partial charge in [0.25, 0.3) is 0 Å². The van der Waals surface area contributed by atoms with Crippen LogP contribution in [0, 0.1) is 3.57 Å². The lowest BCUT2D eigenvalue weighted by atomic mass is 10.2. The molecule has 0 spiro atoms.